The first-order valence-electron chi connectivity index (χ1n) is 11.6. The summed E-state index contributed by atoms with van der Waals surface area (Å²) >= 11 is 0. The maximum atomic E-state index is 13.2. The Bertz CT molecular complexity index is 798. The van der Waals surface area contributed by atoms with Gasteiger partial charge < -0.3 is 5.11 Å². The molecule has 0 amide bonds. The molecule has 3 aliphatic rings. The normalized spacial score (nSPS) is 47.7. The second kappa shape index (κ2) is 7.08. The number of hydrogen-bond acceptors (Lipinski definition) is 2. The lowest BCUT2D eigenvalue weighted by atomic mass is 9.42. The monoisotopic (exact) mass is 394 g/mol. The van der Waals surface area contributed by atoms with E-state index in [9.17, 15) is 9.90 Å². The highest BCUT2D eigenvalue weighted by Gasteiger charge is 2.66. The molecule has 1 N–H and O–H groups in total. The van der Waals surface area contributed by atoms with E-state index in [1.54, 1.807) is 0 Å². The number of Topliss-reactive ketones (excluding diaryl/α,β-unsaturated/α-hetero) is 1. The van der Waals surface area contributed by atoms with Gasteiger partial charge in [-0.25, -0.2) is 0 Å². The van der Waals surface area contributed by atoms with Gasteiger partial charge in [0.05, 0.1) is 6.10 Å². The van der Waals surface area contributed by atoms with Crippen LogP contribution < -0.4 is 0 Å². The van der Waals surface area contributed by atoms with E-state index in [1.165, 1.54) is 5.56 Å². The van der Waals surface area contributed by atoms with Gasteiger partial charge in [0.25, 0.3) is 0 Å². The van der Waals surface area contributed by atoms with Gasteiger partial charge in [-0.1, -0.05) is 77.1 Å². The zero-order chi connectivity index (χ0) is 21.0. The van der Waals surface area contributed by atoms with Crippen LogP contribution in [0.5, 0.6) is 0 Å². The van der Waals surface area contributed by atoms with Gasteiger partial charge in [-0.3, -0.25) is 4.79 Å². The topological polar surface area (TPSA) is 37.3 Å². The molecule has 0 saturated heterocycles. The van der Waals surface area contributed by atoms with Crippen molar-refractivity contribution in [3.8, 4) is 0 Å². The largest absolute Gasteiger partial charge is 0.392 e. The van der Waals surface area contributed by atoms with Crippen LogP contribution in [-0.4, -0.2) is 17.0 Å². The van der Waals surface area contributed by atoms with Gasteiger partial charge in [-0.05, 0) is 59.8 Å². The molecule has 0 radical (unpaired) electrons. The molecule has 2 unspecified atom stereocenters. The summed E-state index contributed by atoms with van der Waals surface area (Å²) in [7, 11) is 0. The summed E-state index contributed by atoms with van der Waals surface area (Å²) in [5, 5.41) is 11.7. The Morgan fingerprint density at radius 3 is 2.41 bits per heavy atom. The maximum Gasteiger partial charge on any atom is 0.137 e. The molecule has 8 atom stereocenters. The molecule has 3 saturated carbocycles. The van der Waals surface area contributed by atoms with E-state index in [1.807, 2.05) is 6.07 Å². The van der Waals surface area contributed by atoms with E-state index in [4.69, 9.17) is 0 Å². The van der Waals surface area contributed by atoms with Crippen LogP contribution in [-0.2, 0) is 4.79 Å². The molecule has 2 heteroatoms. The van der Waals surface area contributed by atoms with Crippen molar-refractivity contribution in [2.45, 2.75) is 72.8 Å². The maximum absolute atomic E-state index is 13.2. The first-order chi connectivity index (χ1) is 13.6. The average Bonchev–Trinajstić information content (AvgIpc) is 3.07. The first kappa shape index (κ1) is 20.8. The molecule has 29 heavy (non-hydrogen) atoms. The second-order valence-electron chi connectivity index (χ2n) is 11.0. The number of benzene rings is 1. The Kier molecular flexibility index (Phi) is 5.09. The van der Waals surface area contributed by atoms with Crippen LogP contribution in [0.25, 0.3) is 6.08 Å². The Hall–Kier alpha value is -1.41. The molecule has 1 aromatic carbocycles. The standard InChI is InChI=1S/C27H38O2/c1-18-11-15-27-16-13-22(28)24(27)26(18,5)23(29)17-25(4,19(2)20(27)3)14-12-21-9-7-6-8-10-21/h6-10,12,14,18-20,23-24,29H,11,13,15-17H2,1-5H3/t18-,19+,20+,23-,24?,25-,26+,27?/m1/s1. The third-order valence-electron chi connectivity index (χ3n) is 9.96. The SMILES string of the molecule is C[C@@H]1CCC23CCC(=O)C2[C@]1(C)[C@H](O)C[C@@](C)(C=Cc1ccccc1)[C@@H](C)[C@@H]3C. The number of rotatable bonds is 2. The molecule has 2 nitrogen and oxygen atoms in total. The number of ketones is 1. The minimum atomic E-state index is -0.454. The van der Waals surface area contributed by atoms with E-state index in [0.717, 1.165) is 25.7 Å². The van der Waals surface area contributed by atoms with Crippen LogP contribution in [0.1, 0.15) is 72.3 Å². The summed E-state index contributed by atoms with van der Waals surface area (Å²) in [4.78, 5) is 13.2. The number of carbonyl (C=O) groups excluding carboxylic acids is 1. The predicted molar refractivity (Wildman–Crippen MR) is 119 cm³/mol. The van der Waals surface area contributed by atoms with Crippen LogP contribution in [0.2, 0.25) is 0 Å². The van der Waals surface area contributed by atoms with Crippen LogP contribution in [0, 0.1) is 39.9 Å². The number of allylic oxidation sites excluding steroid dienone is 1. The molecule has 3 aliphatic carbocycles. The molecule has 0 spiro atoms. The smallest absolute Gasteiger partial charge is 0.137 e. The van der Waals surface area contributed by atoms with Crippen LogP contribution in [0.3, 0.4) is 0 Å². The van der Waals surface area contributed by atoms with Gasteiger partial charge in [0.2, 0.25) is 0 Å². The Labute approximate surface area is 176 Å². The van der Waals surface area contributed by atoms with Crippen molar-refractivity contribution in [2.75, 3.05) is 0 Å². The minimum absolute atomic E-state index is 0.0221. The third-order valence-corrected chi connectivity index (χ3v) is 9.96. The number of carbonyl (C=O) groups is 1. The predicted octanol–water partition coefficient (Wildman–Crippen LogP) is 6.14. The Balaban J connectivity index is 1.80. The highest BCUT2D eigenvalue weighted by molar-refractivity contribution is 5.85. The molecule has 0 heterocycles. The molecule has 158 valence electrons. The van der Waals surface area contributed by atoms with Crippen molar-refractivity contribution in [1.82, 2.24) is 0 Å². The van der Waals surface area contributed by atoms with Gasteiger partial charge >= 0.3 is 0 Å². The zero-order valence-electron chi connectivity index (χ0n) is 18.8. The van der Waals surface area contributed by atoms with Crippen LogP contribution in [0.15, 0.2) is 36.4 Å². The summed E-state index contributed by atoms with van der Waals surface area (Å²) < 4.78 is 0. The van der Waals surface area contributed by atoms with Crippen molar-refractivity contribution < 1.29 is 9.90 Å². The van der Waals surface area contributed by atoms with E-state index < -0.39 is 6.10 Å². The fourth-order valence-electron chi connectivity index (χ4n) is 7.48. The first-order valence-corrected chi connectivity index (χ1v) is 11.6. The Morgan fingerprint density at radius 1 is 1.03 bits per heavy atom. The fourth-order valence-corrected chi connectivity index (χ4v) is 7.48. The van der Waals surface area contributed by atoms with Crippen molar-refractivity contribution in [3.05, 3.63) is 42.0 Å². The summed E-state index contributed by atoms with van der Waals surface area (Å²) in [6, 6.07) is 10.5. The molecular formula is C27H38O2. The van der Waals surface area contributed by atoms with Crippen LogP contribution >= 0.6 is 0 Å². The Morgan fingerprint density at radius 2 is 1.72 bits per heavy atom. The van der Waals surface area contributed by atoms with Gasteiger partial charge in [0, 0.05) is 17.8 Å². The molecule has 0 aliphatic heterocycles. The van der Waals surface area contributed by atoms with E-state index in [2.05, 4.69) is 71.0 Å². The summed E-state index contributed by atoms with van der Waals surface area (Å²) in [6.07, 6.45) is 8.83. The number of hydrogen-bond donors (Lipinski definition) is 1. The average molecular weight is 395 g/mol. The third kappa shape index (κ3) is 2.97. The van der Waals surface area contributed by atoms with Crippen molar-refractivity contribution in [2.24, 2.45) is 39.9 Å². The summed E-state index contributed by atoms with van der Waals surface area (Å²) in [5.74, 6) is 1.68. The molecular weight excluding hydrogens is 356 g/mol. The van der Waals surface area contributed by atoms with Gasteiger partial charge in [-0.15, -0.1) is 0 Å². The van der Waals surface area contributed by atoms with Crippen LogP contribution in [0.4, 0.5) is 0 Å². The van der Waals surface area contributed by atoms with Crippen molar-refractivity contribution >= 4 is 11.9 Å². The highest BCUT2D eigenvalue weighted by atomic mass is 16.3. The lowest BCUT2D eigenvalue weighted by Crippen LogP contribution is -2.60. The van der Waals surface area contributed by atoms with Gasteiger partial charge in [0.15, 0.2) is 0 Å². The van der Waals surface area contributed by atoms with Gasteiger partial charge in [0.1, 0.15) is 5.78 Å². The molecule has 0 aromatic heterocycles. The fraction of sp³-hybridized carbons (Fsp3) is 0.667. The van der Waals surface area contributed by atoms with E-state index in [0.29, 0.717) is 30.0 Å². The zero-order valence-corrected chi connectivity index (χ0v) is 18.8. The molecule has 1 aromatic rings. The lowest BCUT2D eigenvalue weighted by molar-refractivity contribution is -0.178. The lowest BCUT2D eigenvalue weighted by Gasteiger charge is -2.62. The molecule has 3 fully saturated rings. The molecule has 4 rings (SSSR count). The van der Waals surface area contributed by atoms with Gasteiger partial charge in [-0.2, -0.15) is 0 Å². The minimum Gasteiger partial charge on any atom is -0.392 e. The highest BCUT2D eigenvalue weighted by Crippen LogP contribution is 2.68. The van der Waals surface area contributed by atoms with Crippen molar-refractivity contribution in [3.63, 3.8) is 0 Å². The van der Waals surface area contributed by atoms with E-state index >= 15 is 0 Å². The summed E-state index contributed by atoms with van der Waals surface area (Å²) in [6.45, 7) is 11.6. The second-order valence-corrected chi connectivity index (χ2v) is 11.0. The number of aliphatic hydroxyl groups is 1. The quantitative estimate of drug-likeness (QED) is 0.654. The summed E-state index contributed by atoms with van der Waals surface area (Å²) in [5.41, 5.74) is 0.844. The van der Waals surface area contributed by atoms with E-state index in [-0.39, 0.29) is 22.2 Å². The van der Waals surface area contributed by atoms with Crippen molar-refractivity contribution in [1.29, 1.82) is 0 Å². The molecule has 2 bridgehead atoms. The number of aliphatic hydroxyl groups excluding tert-OH is 1.